The lowest BCUT2D eigenvalue weighted by Crippen LogP contribution is -2.30. The molecule has 0 aliphatic heterocycles. The zero-order valence-electron chi connectivity index (χ0n) is 10.9. The molecule has 96 valence electrons. The number of hydrogen-bond donors (Lipinski definition) is 1. The molecule has 1 saturated carbocycles. The van der Waals surface area contributed by atoms with Crippen molar-refractivity contribution in [2.24, 2.45) is 5.92 Å². The molecule has 0 aromatic carbocycles. The Morgan fingerprint density at radius 3 is 2.82 bits per heavy atom. The van der Waals surface area contributed by atoms with Crippen molar-refractivity contribution in [3.63, 3.8) is 0 Å². The van der Waals surface area contributed by atoms with Gasteiger partial charge in [0.05, 0.1) is 0 Å². The van der Waals surface area contributed by atoms with Gasteiger partial charge in [0.25, 0.3) is 0 Å². The molecule has 1 aliphatic carbocycles. The largest absolute Gasteiger partial charge is 0.374 e. The van der Waals surface area contributed by atoms with Gasteiger partial charge in [0.1, 0.15) is 10.7 Å². The number of nitrogens with zero attached hydrogens (tertiary/aromatic N) is 3. The average molecular weight is 254 g/mol. The summed E-state index contributed by atoms with van der Waals surface area (Å²) in [6.07, 6.45) is 2.70. The van der Waals surface area contributed by atoms with E-state index >= 15 is 0 Å². The van der Waals surface area contributed by atoms with Gasteiger partial charge in [-0.25, -0.2) is 0 Å². The lowest BCUT2D eigenvalue weighted by molar-refractivity contribution is 0.224. The summed E-state index contributed by atoms with van der Waals surface area (Å²) in [6, 6.07) is 0.786. The van der Waals surface area contributed by atoms with Crippen molar-refractivity contribution in [3.8, 4) is 0 Å². The van der Waals surface area contributed by atoms with Gasteiger partial charge in [-0.1, -0.05) is 18.3 Å². The van der Waals surface area contributed by atoms with Gasteiger partial charge in [0.15, 0.2) is 0 Å². The summed E-state index contributed by atoms with van der Waals surface area (Å²) in [5.41, 5.74) is 1.12. The molecule has 17 heavy (non-hydrogen) atoms. The third-order valence-corrected chi connectivity index (χ3v) is 3.63. The first-order valence-corrected chi connectivity index (χ1v) is 7.27. The molecule has 1 aromatic rings. The fraction of sp³-hybridized carbons (Fsp3) is 0.833. The normalized spacial score (nSPS) is 15.8. The van der Waals surface area contributed by atoms with Crippen molar-refractivity contribution >= 4 is 16.5 Å². The Bertz CT molecular complexity index is 346. The van der Waals surface area contributed by atoms with Crippen molar-refractivity contribution in [1.82, 2.24) is 14.5 Å². The predicted octanol–water partition coefficient (Wildman–Crippen LogP) is 2.59. The zero-order valence-corrected chi connectivity index (χ0v) is 11.8. The van der Waals surface area contributed by atoms with Crippen LogP contribution in [0.5, 0.6) is 0 Å². The van der Waals surface area contributed by atoms with Crippen molar-refractivity contribution in [3.05, 3.63) is 5.69 Å². The first kappa shape index (κ1) is 12.8. The highest BCUT2D eigenvalue weighted by Crippen LogP contribution is 2.30. The van der Waals surface area contributed by atoms with Gasteiger partial charge in [-0.2, -0.15) is 0 Å². The van der Waals surface area contributed by atoms with Crippen LogP contribution in [0.3, 0.4) is 0 Å². The molecule has 2 rings (SSSR count). The van der Waals surface area contributed by atoms with E-state index in [-0.39, 0.29) is 0 Å². The summed E-state index contributed by atoms with van der Waals surface area (Å²) in [5, 5.41) is 8.74. The molecule has 4 nitrogen and oxygen atoms in total. The van der Waals surface area contributed by atoms with Crippen LogP contribution in [0.2, 0.25) is 0 Å². The van der Waals surface area contributed by atoms with E-state index in [1.807, 2.05) is 0 Å². The van der Waals surface area contributed by atoms with E-state index in [9.17, 15) is 0 Å². The molecule has 1 fully saturated rings. The van der Waals surface area contributed by atoms with E-state index in [0.717, 1.165) is 36.4 Å². The van der Waals surface area contributed by atoms with E-state index in [2.05, 4.69) is 40.6 Å². The molecule has 1 N–H and O–H groups in total. The lowest BCUT2D eigenvalue weighted by atomic mass is 10.2. The molecule has 0 amide bonds. The molecular formula is C12H22N4S. The Morgan fingerprint density at radius 1 is 1.47 bits per heavy atom. The molecule has 1 aromatic heterocycles. The molecule has 0 unspecified atom stereocenters. The van der Waals surface area contributed by atoms with E-state index < -0.39 is 0 Å². The third kappa shape index (κ3) is 3.64. The highest BCUT2D eigenvalue weighted by Gasteiger charge is 2.30. The highest BCUT2D eigenvalue weighted by atomic mass is 32.1. The smallest absolute Gasteiger partial charge is 0.134 e. The van der Waals surface area contributed by atoms with Crippen molar-refractivity contribution < 1.29 is 0 Å². The topological polar surface area (TPSA) is 41.1 Å². The Hall–Kier alpha value is -0.680. The second-order valence-electron chi connectivity index (χ2n) is 5.13. The van der Waals surface area contributed by atoms with Gasteiger partial charge in [-0.15, -0.1) is 5.10 Å². The Balaban J connectivity index is 1.98. The van der Waals surface area contributed by atoms with Crippen LogP contribution >= 0.6 is 11.5 Å². The minimum absolute atomic E-state index is 0.713. The van der Waals surface area contributed by atoms with Gasteiger partial charge in [0.2, 0.25) is 0 Å². The number of rotatable bonds is 7. The van der Waals surface area contributed by atoms with E-state index in [0.29, 0.717) is 5.92 Å². The van der Waals surface area contributed by atoms with Crippen LogP contribution < -0.4 is 5.32 Å². The van der Waals surface area contributed by atoms with Crippen LogP contribution in [-0.4, -0.2) is 33.6 Å². The monoisotopic (exact) mass is 254 g/mol. The van der Waals surface area contributed by atoms with Gasteiger partial charge in [-0.3, -0.25) is 4.90 Å². The first-order valence-electron chi connectivity index (χ1n) is 6.49. The maximum atomic E-state index is 4.26. The molecule has 0 spiro atoms. The number of hydrogen-bond acceptors (Lipinski definition) is 5. The van der Waals surface area contributed by atoms with Crippen LogP contribution in [0.4, 0.5) is 5.00 Å². The second-order valence-corrected chi connectivity index (χ2v) is 5.89. The first-order chi connectivity index (χ1) is 8.20. The van der Waals surface area contributed by atoms with Crippen LogP contribution in [0, 0.1) is 5.92 Å². The molecule has 0 atom stereocenters. The minimum Gasteiger partial charge on any atom is -0.374 e. The summed E-state index contributed by atoms with van der Waals surface area (Å²) in [5.74, 6) is 0.713. The van der Waals surface area contributed by atoms with Crippen LogP contribution in [-0.2, 0) is 6.54 Å². The van der Waals surface area contributed by atoms with Crippen molar-refractivity contribution in [1.29, 1.82) is 0 Å². The van der Waals surface area contributed by atoms with Crippen LogP contribution in [0.15, 0.2) is 0 Å². The summed E-state index contributed by atoms with van der Waals surface area (Å²) in [4.78, 5) is 2.56. The number of aromatic nitrogens is 2. The fourth-order valence-corrected chi connectivity index (χ4v) is 2.69. The van der Waals surface area contributed by atoms with E-state index in [1.54, 1.807) is 0 Å². The standard InChI is InChI=1S/C12H22N4S/c1-4-13-12-11(14-15-17-12)8-16(7-9(2)3)10-5-6-10/h9-10,13H,4-8H2,1-3H3. The molecule has 0 radical (unpaired) electrons. The molecule has 1 aliphatic rings. The molecular weight excluding hydrogens is 232 g/mol. The summed E-state index contributed by atoms with van der Waals surface area (Å²) >= 11 is 1.47. The number of nitrogens with one attached hydrogen (secondary N) is 1. The van der Waals surface area contributed by atoms with E-state index in [4.69, 9.17) is 0 Å². The van der Waals surface area contributed by atoms with Gasteiger partial charge in [-0.05, 0) is 25.7 Å². The fourth-order valence-electron chi connectivity index (χ4n) is 2.05. The third-order valence-electron chi connectivity index (χ3n) is 2.91. The summed E-state index contributed by atoms with van der Waals surface area (Å²) in [6.45, 7) is 9.70. The zero-order chi connectivity index (χ0) is 12.3. The molecule has 5 heteroatoms. The average Bonchev–Trinajstić information content (AvgIpc) is 3.02. The molecule has 0 bridgehead atoms. The van der Waals surface area contributed by atoms with Gasteiger partial charge in [0, 0.05) is 37.2 Å². The maximum absolute atomic E-state index is 4.26. The van der Waals surface area contributed by atoms with Crippen molar-refractivity contribution in [2.45, 2.75) is 46.2 Å². The van der Waals surface area contributed by atoms with Gasteiger partial charge >= 0.3 is 0 Å². The minimum atomic E-state index is 0.713. The van der Waals surface area contributed by atoms with Crippen LogP contribution in [0.1, 0.15) is 39.3 Å². The second kappa shape index (κ2) is 5.78. The van der Waals surface area contributed by atoms with Crippen LogP contribution in [0.25, 0.3) is 0 Å². The summed E-state index contributed by atoms with van der Waals surface area (Å²) in [7, 11) is 0. The summed E-state index contributed by atoms with van der Waals surface area (Å²) < 4.78 is 4.06. The molecule has 1 heterocycles. The lowest BCUT2D eigenvalue weighted by Gasteiger charge is -2.23. The Labute approximate surface area is 108 Å². The number of anilines is 1. The van der Waals surface area contributed by atoms with Gasteiger partial charge < -0.3 is 5.32 Å². The Morgan fingerprint density at radius 2 is 2.24 bits per heavy atom. The van der Waals surface area contributed by atoms with Crippen molar-refractivity contribution in [2.75, 3.05) is 18.4 Å². The Kier molecular flexibility index (Phi) is 4.34. The predicted molar refractivity (Wildman–Crippen MR) is 72.3 cm³/mol. The quantitative estimate of drug-likeness (QED) is 0.812. The SMILES string of the molecule is CCNc1snnc1CN(CC(C)C)C1CC1. The molecule has 0 saturated heterocycles. The van der Waals surface area contributed by atoms with E-state index in [1.165, 1.54) is 24.4 Å². The maximum Gasteiger partial charge on any atom is 0.134 e. The highest BCUT2D eigenvalue weighted by molar-refractivity contribution is 7.10.